The predicted molar refractivity (Wildman–Crippen MR) is 86.6 cm³/mol. The van der Waals surface area contributed by atoms with Crippen LogP contribution >= 0.6 is 15.9 Å². The normalized spacial score (nSPS) is 14.4. The van der Waals surface area contributed by atoms with Crippen LogP contribution in [-0.4, -0.2) is 22.7 Å². The minimum atomic E-state index is -0.297. The summed E-state index contributed by atoms with van der Waals surface area (Å²) in [6.07, 6.45) is 2.51. The van der Waals surface area contributed by atoms with E-state index in [1.807, 2.05) is 18.3 Å². The maximum atomic E-state index is 9.97. The van der Waals surface area contributed by atoms with E-state index in [9.17, 15) is 5.11 Å². The van der Waals surface area contributed by atoms with Gasteiger partial charge in [-0.05, 0) is 23.6 Å². The van der Waals surface area contributed by atoms with Gasteiger partial charge in [-0.15, -0.1) is 0 Å². The number of fused-ring (bicyclic) bond motifs is 1. The smallest absolute Gasteiger partial charge is 0.0758 e. The van der Waals surface area contributed by atoms with Crippen LogP contribution in [0, 0.1) is 5.92 Å². The van der Waals surface area contributed by atoms with Crippen LogP contribution in [-0.2, 0) is 6.54 Å². The summed E-state index contributed by atoms with van der Waals surface area (Å²) in [4.78, 5) is 4.46. The van der Waals surface area contributed by atoms with Gasteiger partial charge >= 0.3 is 0 Å². The Bertz CT molecular complexity index is 573. The predicted octanol–water partition coefficient (Wildman–Crippen LogP) is 3.49. The maximum Gasteiger partial charge on any atom is 0.0758 e. The molecule has 108 valence electrons. The van der Waals surface area contributed by atoms with Gasteiger partial charge in [0.2, 0.25) is 0 Å². The average Bonchev–Trinajstić information content (AvgIpc) is 2.49. The molecule has 0 aliphatic heterocycles. The number of nitrogens with zero attached hydrogens (tertiary/aromatic N) is 1. The van der Waals surface area contributed by atoms with E-state index in [0.29, 0.717) is 19.0 Å². The van der Waals surface area contributed by atoms with E-state index in [0.717, 1.165) is 27.4 Å². The molecule has 1 aromatic carbocycles. The Labute approximate surface area is 128 Å². The fourth-order valence-electron chi connectivity index (χ4n) is 2.17. The standard InChI is InChI=1S/C16H21BrN2O/c1-3-11(2)15(20)10-18-9-12-6-7-14(17)13-5-4-8-19-16(12)13/h4-8,11,15,18,20H,3,9-10H2,1-2H3. The number of halogens is 1. The molecule has 2 rings (SSSR count). The fraction of sp³-hybridized carbons (Fsp3) is 0.438. The minimum Gasteiger partial charge on any atom is -0.392 e. The third kappa shape index (κ3) is 3.57. The van der Waals surface area contributed by atoms with Crippen molar-refractivity contribution in [3.05, 3.63) is 40.5 Å². The second-order valence-electron chi connectivity index (χ2n) is 5.19. The van der Waals surface area contributed by atoms with Gasteiger partial charge in [0.15, 0.2) is 0 Å². The second-order valence-corrected chi connectivity index (χ2v) is 6.04. The Balaban J connectivity index is 2.06. The van der Waals surface area contributed by atoms with Gasteiger partial charge in [-0.1, -0.05) is 48.3 Å². The van der Waals surface area contributed by atoms with Crippen molar-refractivity contribution >= 4 is 26.8 Å². The van der Waals surface area contributed by atoms with E-state index in [4.69, 9.17) is 0 Å². The van der Waals surface area contributed by atoms with Gasteiger partial charge < -0.3 is 10.4 Å². The van der Waals surface area contributed by atoms with Gasteiger partial charge in [0.25, 0.3) is 0 Å². The zero-order valence-electron chi connectivity index (χ0n) is 11.9. The molecule has 0 aliphatic rings. The van der Waals surface area contributed by atoms with Crippen LogP contribution in [0.1, 0.15) is 25.8 Å². The van der Waals surface area contributed by atoms with Crippen molar-refractivity contribution in [1.82, 2.24) is 10.3 Å². The molecule has 3 nitrogen and oxygen atoms in total. The lowest BCUT2D eigenvalue weighted by molar-refractivity contribution is 0.113. The number of pyridine rings is 1. The van der Waals surface area contributed by atoms with Gasteiger partial charge in [0.1, 0.15) is 0 Å². The third-order valence-electron chi connectivity index (χ3n) is 3.77. The Kier molecular flexibility index (Phi) is 5.52. The van der Waals surface area contributed by atoms with Crippen molar-refractivity contribution in [3.63, 3.8) is 0 Å². The van der Waals surface area contributed by atoms with Crippen LogP contribution in [0.15, 0.2) is 34.9 Å². The molecular formula is C16H21BrN2O. The largest absolute Gasteiger partial charge is 0.392 e. The maximum absolute atomic E-state index is 9.97. The molecule has 2 N–H and O–H groups in total. The fourth-order valence-corrected chi connectivity index (χ4v) is 2.62. The molecule has 0 saturated heterocycles. The summed E-state index contributed by atoms with van der Waals surface area (Å²) in [6, 6.07) is 8.12. The zero-order valence-corrected chi connectivity index (χ0v) is 13.5. The molecule has 20 heavy (non-hydrogen) atoms. The number of aromatic nitrogens is 1. The molecule has 2 unspecified atom stereocenters. The quantitative estimate of drug-likeness (QED) is 0.848. The van der Waals surface area contributed by atoms with Gasteiger partial charge in [0, 0.05) is 29.1 Å². The van der Waals surface area contributed by atoms with Crippen molar-refractivity contribution in [3.8, 4) is 0 Å². The number of benzene rings is 1. The van der Waals surface area contributed by atoms with Crippen LogP contribution in [0.25, 0.3) is 10.9 Å². The molecule has 0 spiro atoms. The van der Waals surface area contributed by atoms with Gasteiger partial charge in [-0.2, -0.15) is 0 Å². The highest BCUT2D eigenvalue weighted by molar-refractivity contribution is 9.10. The molecule has 1 aromatic heterocycles. The molecule has 0 radical (unpaired) electrons. The summed E-state index contributed by atoms with van der Waals surface area (Å²) in [5.41, 5.74) is 2.16. The summed E-state index contributed by atoms with van der Waals surface area (Å²) in [6.45, 7) is 5.50. The first-order chi connectivity index (χ1) is 9.63. The van der Waals surface area contributed by atoms with Crippen molar-refractivity contribution in [2.45, 2.75) is 32.9 Å². The topological polar surface area (TPSA) is 45.1 Å². The van der Waals surface area contributed by atoms with Crippen LogP contribution < -0.4 is 5.32 Å². The van der Waals surface area contributed by atoms with Crippen molar-refractivity contribution in [2.75, 3.05) is 6.54 Å². The van der Waals surface area contributed by atoms with E-state index in [1.54, 1.807) is 0 Å². The summed E-state index contributed by atoms with van der Waals surface area (Å²) in [5.74, 6) is 0.322. The molecule has 0 saturated carbocycles. The van der Waals surface area contributed by atoms with E-state index in [1.165, 1.54) is 0 Å². The first-order valence-corrected chi connectivity index (χ1v) is 7.83. The number of hydrogen-bond donors (Lipinski definition) is 2. The summed E-state index contributed by atoms with van der Waals surface area (Å²) < 4.78 is 1.06. The molecule has 1 heterocycles. The van der Waals surface area contributed by atoms with Gasteiger partial charge in [-0.25, -0.2) is 0 Å². The molecule has 0 fully saturated rings. The average molecular weight is 337 g/mol. The van der Waals surface area contributed by atoms with Gasteiger partial charge in [0.05, 0.1) is 11.6 Å². The lowest BCUT2D eigenvalue weighted by atomic mass is 10.0. The van der Waals surface area contributed by atoms with E-state index in [2.05, 4.69) is 52.2 Å². The minimum absolute atomic E-state index is 0.297. The summed E-state index contributed by atoms with van der Waals surface area (Å²) >= 11 is 3.55. The number of aliphatic hydroxyl groups excluding tert-OH is 1. The molecule has 2 atom stereocenters. The van der Waals surface area contributed by atoms with Crippen molar-refractivity contribution in [2.24, 2.45) is 5.92 Å². The zero-order chi connectivity index (χ0) is 14.5. The molecule has 4 heteroatoms. The number of nitrogens with one attached hydrogen (secondary N) is 1. The number of hydrogen-bond acceptors (Lipinski definition) is 3. The van der Waals surface area contributed by atoms with E-state index in [-0.39, 0.29) is 6.10 Å². The van der Waals surface area contributed by atoms with E-state index >= 15 is 0 Å². The highest BCUT2D eigenvalue weighted by atomic mass is 79.9. The second kappa shape index (κ2) is 7.16. The van der Waals surface area contributed by atoms with Crippen LogP contribution in [0.3, 0.4) is 0 Å². The highest BCUT2D eigenvalue weighted by Gasteiger charge is 2.12. The summed E-state index contributed by atoms with van der Waals surface area (Å²) in [5, 5.41) is 14.4. The number of aliphatic hydroxyl groups is 1. The lowest BCUT2D eigenvalue weighted by Crippen LogP contribution is -2.31. The SMILES string of the molecule is CCC(C)C(O)CNCc1ccc(Br)c2cccnc12. The first-order valence-electron chi connectivity index (χ1n) is 7.04. The Morgan fingerprint density at radius 1 is 1.35 bits per heavy atom. The molecule has 0 aliphatic carbocycles. The molecule has 0 bridgehead atoms. The van der Waals surface area contributed by atoms with E-state index < -0.39 is 0 Å². The van der Waals surface area contributed by atoms with Crippen LogP contribution in [0.2, 0.25) is 0 Å². The first kappa shape index (κ1) is 15.4. The third-order valence-corrected chi connectivity index (χ3v) is 4.46. The highest BCUT2D eigenvalue weighted by Crippen LogP contribution is 2.25. The number of rotatable bonds is 6. The van der Waals surface area contributed by atoms with Crippen molar-refractivity contribution < 1.29 is 5.11 Å². The Morgan fingerprint density at radius 3 is 2.90 bits per heavy atom. The van der Waals surface area contributed by atoms with Crippen LogP contribution in [0.5, 0.6) is 0 Å². The monoisotopic (exact) mass is 336 g/mol. The Hall–Kier alpha value is -0.970. The van der Waals surface area contributed by atoms with Gasteiger partial charge in [-0.3, -0.25) is 4.98 Å². The lowest BCUT2D eigenvalue weighted by Gasteiger charge is -2.18. The van der Waals surface area contributed by atoms with Crippen LogP contribution in [0.4, 0.5) is 0 Å². The molecular weight excluding hydrogens is 316 g/mol. The molecule has 0 amide bonds. The van der Waals surface area contributed by atoms with Crippen molar-refractivity contribution in [1.29, 1.82) is 0 Å². The summed E-state index contributed by atoms with van der Waals surface area (Å²) in [7, 11) is 0. The Morgan fingerprint density at radius 2 is 2.15 bits per heavy atom. The molecule has 2 aromatic rings.